The molecule has 0 bridgehead atoms. The Kier molecular flexibility index (Phi) is 6.80. The van der Waals surface area contributed by atoms with Crippen LogP contribution < -0.4 is 5.56 Å². The number of morpholine rings is 1. The van der Waals surface area contributed by atoms with Gasteiger partial charge < -0.3 is 9.84 Å². The van der Waals surface area contributed by atoms with Crippen LogP contribution >= 0.6 is 0 Å². The number of nitrogens with zero attached hydrogens (tertiary/aromatic N) is 3. The van der Waals surface area contributed by atoms with Crippen LogP contribution in [0.15, 0.2) is 58.3 Å². The number of halogens is 3. The van der Waals surface area contributed by atoms with E-state index in [9.17, 15) is 23.1 Å². The van der Waals surface area contributed by atoms with Gasteiger partial charge >= 0.3 is 6.18 Å². The molecule has 1 aromatic heterocycles. The lowest BCUT2D eigenvalue weighted by Gasteiger charge is -2.26. The van der Waals surface area contributed by atoms with Gasteiger partial charge in [-0.3, -0.25) is 14.7 Å². The van der Waals surface area contributed by atoms with E-state index < -0.39 is 23.2 Å². The van der Waals surface area contributed by atoms with E-state index >= 15 is 0 Å². The molecular formula is C24H24F3N3O3. The highest BCUT2D eigenvalue weighted by Gasteiger charge is 2.31. The van der Waals surface area contributed by atoms with E-state index in [-0.39, 0.29) is 16.6 Å². The SMILES string of the molecule is O=c1c2ccccc2c(C=NCCCN2CCOCC2)c(O)n1-c1cccc(C(F)(F)F)c1. The van der Waals surface area contributed by atoms with E-state index in [1.165, 1.54) is 18.3 Å². The van der Waals surface area contributed by atoms with Gasteiger partial charge in [-0.05, 0) is 30.7 Å². The Hall–Kier alpha value is -3.17. The summed E-state index contributed by atoms with van der Waals surface area (Å²) in [4.78, 5) is 19.8. The van der Waals surface area contributed by atoms with Crippen LogP contribution in [0.2, 0.25) is 0 Å². The fraction of sp³-hybridized carbons (Fsp3) is 0.333. The molecule has 1 N–H and O–H groups in total. The molecule has 1 aliphatic rings. The number of ether oxygens (including phenoxy) is 1. The van der Waals surface area contributed by atoms with Crippen LogP contribution in [0.1, 0.15) is 17.5 Å². The van der Waals surface area contributed by atoms with Crippen molar-refractivity contribution < 1.29 is 23.0 Å². The fourth-order valence-corrected chi connectivity index (χ4v) is 3.92. The minimum atomic E-state index is -4.57. The molecule has 1 saturated heterocycles. The molecule has 0 radical (unpaired) electrons. The van der Waals surface area contributed by atoms with Gasteiger partial charge in [-0.25, -0.2) is 4.57 Å². The summed E-state index contributed by atoms with van der Waals surface area (Å²) in [5.74, 6) is -0.449. The van der Waals surface area contributed by atoms with Crippen LogP contribution in [-0.2, 0) is 10.9 Å². The van der Waals surface area contributed by atoms with Crippen molar-refractivity contribution in [3.63, 3.8) is 0 Å². The number of aromatic nitrogens is 1. The second-order valence-electron chi connectivity index (χ2n) is 7.81. The van der Waals surface area contributed by atoms with Gasteiger partial charge in [0.1, 0.15) is 0 Å². The standard InChI is InChI=1S/C24H24F3N3O3/c25-24(26,27)17-5-3-6-18(15-17)30-22(31)20-8-2-1-7-19(20)21(23(30)32)16-28-9-4-10-29-11-13-33-14-12-29/h1-3,5-8,15-16,32H,4,9-14H2. The molecule has 0 atom stereocenters. The van der Waals surface area contributed by atoms with E-state index in [1.807, 2.05) is 0 Å². The molecule has 0 aliphatic carbocycles. The minimum Gasteiger partial charge on any atom is -0.494 e. The number of benzene rings is 2. The van der Waals surface area contributed by atoms with Gasteiger partial charge in [0.15, 0.2) is 0 Å². The monoisotopic (exact) mass is 459 g/mol. The zero-order chi connectivity index (χ0) is 23.4. The quantitative estimate of drug-likeness (QED) is 0.449. The zero-order valence-electron chi connectivity index (χ0n) is 17.9. The summed E-state index contributed by atoms with van der Waals surface area (Å²) in [5.41, 5.74) is -1.29. The smallest absolute Gasteiger partial charge is 0.416 e. The third-order valence-corrected chi connectivity index (χ3v) is 5.62. The fourth-order valence-electron chi connectivity index (χ4n) is 3.92. The Labute approximate surface area is 188 Å². The molecule has 33 heavy (non-hydrogen) atoms. The summed E-state index contributed by atoms with van der Waals surface area (Å²) in [7, 11) is 0. The van der Waals surface area contributed by atoms with Crippen molar-refractivity contribution in [2.24, 2.45) is 4.99 Å². The molecule has 1 aliphatic heterocycles. The Morgan fingerprint density at radius 1 is 1.06 bits per heavy atom. The van der Waals surface area contributed by atoms with Crippen LogP contribution in [0.25, 0.3) is 16.5 Å². The molecule has 174 valence electrons. The van der Waals surface area contributed by atoms with Gasteiger partial charge in [-0.15, -0.1) is 0 Å². The van der Waals surface area contributed by atoms with Crippen LogP contribution in [0, 0.1) is 0 Å². The largest absolute Gasteiger partial charge is 0.494 e. The van der Waals surface area contributed by atoms with Gasteiger partial charge in [0.05, 0.1) is 30.0 Å². The van der Waals surface area contributed by atoms with E-state index in [4.69, 9.17) is 4.74 Å². The van der Waals surface area contributed by atoms with Gasteiger partial charge in [0, 0.05) is 43.2 Å². The minimum absolute atomic E-state index is 0.0694. The average molecular weight is 459 g/mol. The van der Waals surface area contributed by atoms with Gasteiger partial charge in [-0.1, -0.05) is 24.3 Å². The maximum absolute atomic E-state index is 13.2. The summed E-state index contributed by atoms with van der Waals surface area (Å²) >= 11 is 0. The second kappa shape index (κ2) is 9.76. The van der Waals surface area contributed by atoms with Crippen molar-refractivity contribution in [3.8, 4) is 11.6 Å². The lowest BCUT2D eigenvalue weighted by molar-refractivity contribution is -0.137. The number of alkyl halides is 3. The first-order chi connectivity index (χ1) is 15.9. The Morgan fingerprint density at radius 3 is 2.52 bits per heavy atom. The maximum Gasteiger partial charge on any atom is 0.416 e. The molecule has 0 saturated carbocycles. The van der Waals surface area contributed by atoms with E-state index in [2.05, 4.69) is 9.89 Å². The summed E-state index contributed by atoms with van der Waals surface area (Å²) in [6.07, 6.45) is -2.28. The number of fused-ring (bicyclic) bond motifs is 1. The normalized spacial score (nSPS) is 15.5. The molecule has 1 fully saturated rings. The van der Waals surface area contributed by atoms with Crippen LogP contribution in [0.4, 0.5) is 13.2 Å². The highest BCUT2D eigenvalue weighted by atomic mass is 19.4. The number of hydrogen-bond donors (Lipinski definition) is 1. The molecular weight excluding hydrogens is 435 g/mol. The third kappa shape index (κ3) is 5.09. The van der Waals surface area contributed by atoms with Crippen LogP contribution in [-0.4, -0.2) is 60.2 Å². The van der Waals surface area contributed by atoms with Gasteiger partial charge in [0.2, 0.25) is 5.88 Å². The highest BCUT2D eigenvalue weighted by Crippen LogP contribution is 2.32. The van der Waals surface area contributed by atoms with Crippen molar-refractivity contribution in [1.29, 1.82) is 0 Å². The zero-order valence-corrected chi connectivity index (χ0v) is 17.9. The Balaban J connectivity index is 1.68. The van der Waals surface area contributed by atoms with Crippen molar-refractivity contribution in [3.05, 3.63) is 70.0 Å². The third-order valence-electron chi connectivity index (χ3n) is 5.62. The first-order valence-corrected chi connectivity index (χ1v) is 10.7. The lowest BCUT2D eigenvalue weighted by atomic mass is 10.1. The molecule has 4 rings (SSSR count). The van der Waals surface area contributed by atoms with Crippen molar-refractivity contribution in [2.45, 2.75) is 12.6 Å². The van der Waals surface area contributed by atoms with E-state index in [0.717, 1.165) is 56.0 Å². The molecule has 9 heteroatoms. The number of pyridine rings is 1. The Bertz CT molecular complexity index is 1220. The van der Waals surface area contributed by atoms with Crippen LogP contribution in [0.5, 0.6) is 5.88 Å². The highest BCUT2D eigenvalue weighted by molar-refractivity contribution is 6.01. The lowest BCUT2D eigenvalue weighted by Crippen LogP contribution is -2.37. The number of hydrogen-bond acceptors (Lipinski definition) is 5. The van der Waals surface area contributed by atoms with Crippen molar-refractivity contribution in [1.82, 2.24) is 9.47 Å². The van der Waals surface area contributed by atoms with Gasteiger partial charge in [-0.2, -0.15) is 13.2 Å². The van der Waals surface area contributed by atoms with E-state index in [1.54, 1.807) is 24.3 Å². The summed E-state index contributed by atoms with van der Waals surface area (Å²) in [5, 5.41) is 11.7. The molecule has 6 nitrogen and oxygen atoms in total. The van der Waals surface area contributed by atoms with Gasteiger partial charge in [0.25, 0.3) is 5.56 Å². The molecule has 3 aromatic rings. The molecule has 0 amide bonds. The first-order valence-electron chi connectivity index (χ1n) is 10.7. The second-order valence-corrected chi connectivity index (χ2v) is 7.81. The van der Waals surface area contributed by atoms with Crippen LogP contribution in [0.3, 0.4) is 0 Å². The molecule has 2 aromatic carbocycles. The predicted molar refractivity (Wildman–Crippen MR) is 121 cm³/mol. The summed E-state index contributed by atoms with van der Waals surface area (Å²) in [6.45, 7) is 4.60. The summed E-state index contributed by atoms with van der Waals surface area (Å²) in [6, 6.07) is 11.0. The van der Waals surface area contributed by atoms with Crippen molar-refractivity contribution in [2.75, 3.05) is 39.4 Å². The molecule has 0 unspecified atom stereocenters. The summed E-state index contributed by atoms with van der Waals surface area (Å²) < 4.78 is 45.9. The first kappa shape index (κ1) is 23.0. The average Bonchev–Trinajstić information content (AvgIpc) is 2.81. The topological polar surface area (TPSA) is 67.1 Å². The Morgan fingerprint density at radius 2 is 1.79 bits per heavy atom. The maximum atomic E-state index is 13.2. The molecule has 0 spiro atoms. The predicted octanol–water partition coefficient (Wildman–Crippen LogP) is 3.86. The number of aromatic hydroxyl groups is 1. The van der Waals surface area contributed by atoms with E-state index in [0.29, 0.717) is 11.9 Å². The molecule has 2 heterocycles. The van der Waals surface area contributed by atoms with Crippen molar-refractivity contribution >= 4 is 17.0 Å². The number of aliphatic imine (C=N–C) groups is 1. The number of rotatable bonds is 6.